The Balaban J connectivity index is 1.87. The summed E-state index contributed by atoms with van der Waals surface area (Å²) in [7, 11) is 0. The Morgan fingerprint density at radius 1 is 1.33 bits per heavy atom. The molecule has 0 spiro atoms. The van der Waals surface area contributed by atoms with Crippen LogP contribution < -0.4 is 5.32 Å². The van der Waals surface area contributed by atoms with Crippen LogP contribution in [0.25, 0.3) is 0 Å². The molecule has 0 saturated heterocycles. The number of alkyl halides is 1. The number of carbonyl (C=O) groups is 1. The van der Waals surface area contributed by atoms with Crippen LogP contribution >= 0.6 is 15.9 Å². The van der Waals surface area contributed by atoms with Crippen molar-refractivity contribution in [3.8, 4) is 0 Å². The zero-order valence-corrected chi connectivity index (χ0v) is 12.4. The standard InChI is InChI=1S/C15H20BrNO/c1-15(11-16)9-7-13(8-10-15)17-14(18)12-5-3-2-4-6-12/h2-6,13H,7-11H2,1H3,(H,17,18). The van der Waals surface area contributed by atoms with Crippen molar-refractivity contribution in [1.82, 2.24) is 5.32 Å². The molecule has 0 bridgehead atoms. The average Bonchev–Trinajstić information content (AvgIpc) is 2.42. The molecule has 1 aliphatic rings. The first-order valence-corrected chi connectivity index (χ1v) is 7.67. The number of amides is 1. The van der Waals surface area contributed by atoms with E-state index in [2.05, 4.69) is 28.2 Å². The van der Waals surface area contributed by atoms with E-state index in [-0.39, 0.29) is 5.91 Å². The zero-order valence-electron chi connectivity index (χ0n) is 10.8. The molecule has 1 amide bonds. The molecular weight excluding hydrogens is 290 g/mol. The van der Waals surface area contributed by atoms with E-state index in [1.807, 2.05) is 30.3 Å². The summed E-state index contributed by atoms with van der Waals surface area (Å²) in [5.74, 6) is 0.0584. The van der Waals surface area contributed by atoms with Crippen LogP contribution in [0.3, 0.4) is 0 Å². The normalized spacial score (nSPS) is 27.8. The molecule has 0 aromatic heterocycles. The number of nitrogens with one attached hydrogen (secondary N) is 1. The van der Waals surface area contributed by atoms with E-state index >= 15 is 0 Å². The van der Waals surface area contributed by atoms with Crippen molar-refractivity contribution in [1.29, 1.82) is 0 Å². The Bertz CT molecular complexity index is 396. The van der Waals surface area contributed by atoms with Crippen LogP contribution in [-0.4, -0.2) is 17.3 Å². The highest BCUT2D eigenvalue weighted by atomic mass is 79.9. The molecule has 0 unspecified atom stereocenters. The second kappa shape index (κ2) is 5.87. The molecule has 0 heterocycles. The second-order valence-corrected chi connectivity index (χ2v) is 6.12. The molecule has 98 valence electrons. The molecule has 0 radical (unpaired) electrons. The Kier molecular flexibility index (Phi) is 4.44. The molecule has 1 aromatic rings. The largest absolute Gasteiger partial charge is 0.349 e. The van der Waals surface area contributed by atoms with E-state index < -0.39 is 0 Å². The van der Waals surface area contributed by atoms with Gasteiger partial charge in [-0.05, 0) is 43.2 Å². The van der Waals surface area contributed by atoms with Crippen molar-refractivity contribution in [2.24, 2.45) is 5.41 Å². The number of halogens is 1. The first-order chi connectivity index (χ1) is 8.63. The van der Waals surface area contributed by atoms with Crippen LogP contribution in [0, 0.1) is 5.41 Å². The van der Waals surface area contributed by atoms with Gasteiger partial charge in [-0.3, -0.25) is 4.79 Å². The topological polar surface area (TPSA) is 29.1 Å². The van der Waals surface area contributed by atoms with Gasteiger partial charge < -0.3 is 5.32 Å². The van der Waals surface area contributed by atoms with Crippen LogP contribution in [0.1, 0.15) is 43.0 Å². The van der Waals surface area contributed by atoms with Gasteiger partial charge in [0, 0.05) is 16.9 Å². The Labute approximate surface area is 117 Å². The lowest BCUT2D eigenvalue weighted by Crippen LogP contribution is -2.40. The summed E-state index contributed by atoms with van der Waals surface area (Å²) in [6, 6.07) is 9.79. The van der Waals surface area contributed by atoms with Crippen molar-refractivity contribution in [3.05, 3.63) is 35.9 Å². The SMILES string of the molecule is CC1(CBr)CCC(NC(=O)c2ccccc2)CC1. The lowest BCUT2D eigenvalue weighted by Gasteiger charge is -2.36. The van der Waals surface area contributed by atoms with Gasteiger partial charge in [0.05, 0.1) is 0 Å². The maximum atomic E-state index is 12.0. The predicted molar refractivity (Wildman–Crippen MR) is 78.1 cm³/mol. The maximum Gasteiger partial charge on any atom is 0.251 e. The van der Waals surface area contributed by atoms with E-state index in [1.54, 1.807) is 0 Å². The minimum Gasteiger partial charge on any atom is -0.349 e. The van der Waals surface area contributed by atoms with Crippen molar-refractivity contribution in [2.45, 2.75) is 38.6 Å². The third-order valence-electron chi connectivity index (χ3n) is 3.89. The number of benzene rings is 1. The van der Waals surface area contributed by atoms with Gasteiger partial charge in [-0.15, -0.1) is 0 Å². The summed E-state index contributed by atoms with van der Waals surface area (Å²) in [6.07, 6.45) is 4.53. The molecule has 3 heteroatoms. The molecule has 1 aromatic carbocycles. The van der Waals surface area contributed by atoms with E-state index in [1.165, 1.54) is 12.8 Å². The summed E-state index contributed by atoms with van der Waals surface area (Å²) >= 11 is 3.59. The molecule has 1 saturated carbocycles. The van der Waals surface area contributed by atoms with E-state index in [0.29, 0.717) is 11.5 Å². The molecule has 1 fully saturated rings. The number of hydrogen-bond acceptors (Lipinski definition) is 1. The van der Waals surface area contributed by atoms with Gasteiger partial charge in [-0.25, -0.2) is 0 Å². The summed E-state index contributed by atoms with van der Waals surface area (Å²) in [4.78, 5) is 12.0. The van der Waals surface area contributed by atoms with Crippen LogP contribution in [0.2, 0.25) is 0 Å². The van der Waals surface area contributed by atoms with Gasteiger partial charge in [0.2, 0.25) is 0 Å². The summed E-state index contributed by atoms with van der Waals surface area (Å²) in [5.41, 5.74) is 1.17. The molecule has 1 aliphatic carbocycles. The van der Waals surface area contributed by atoms with E-state index in [4.69, 9.17) is 0 Å². The van der Waals surface area contributed by atoms with Gasteiger partial charge in [0.1, 0.15) is 0 Å². The highest BCUT2D eigenvalue weighted by molar-refractivity contribution is 9.09. The van der Waals surface area contributed by atoms with Crippen molar-refractivity contribution < 1.29 is 4.79 Å². The number of carbonyl (C=O) groups excluding carboxylic acids is 1. The molecule has 0 aliphatic heterocycles. The van der Waals surface area contributed by atoms with E-state index in [0.717, 1.165) is 23.7 Å². The average molecular weight is 310 g/mol. The molecule has 18 heavy (non-hydrogen) atoms. The summed E-state index contributed by atoms with van der Waals surface area (Å²) in [6.45, 7) is 2.32. The molecule has 2 rings (SSSR count). The van der Waals surface area contributed by atoms with Crippen LogP contribution in [0.15, 0.2) is 30.3 Å². The third-order valence-corrected chi connectivity index (χ3v) is 5.24. The first kappa shape index (κ1) is 13.6. The quantitative estimate of drug-likeness (QED) is 0.846. The highest BCUT2D eigenvalue weighted by Gasteiger charge is 2.30. The van der Waals surface area contributed by atoms with Crippen LogP contribution in [0.5, 0.6) is 0 Å². The smallest absolute Gasteiger partial charge is 0.251 e. The fourth-order valence-corrected chi connectivity index (χ4v) is 3.01. The van der Waals surface area contributed by atoms with Gasteiger partial charge >= 0.3 is 0 Å². The summed E-state index contributed by atoms with van der Waals surface area (Å²) < 4.78 is 0. The van der Waals surface area contributed by atoms with Crippen LogP contribution in [0.4, 0.5) is 0 Å². The number of hydrogen-bond donors (Lipinski definition) is 1. The maximum absolute atomic E-state index is 12.0. The van der Waals surface area contributed by atoms with E-state index in [9.17, 15) is 4.79 Å². The Morgan fingerprint density at radius 3 is 2.50 bits per heavy atom. The highest BCUT2D eigenvalue weighted by Crippen LogP contribution is 2.37. The van der Waals surface area contributed by atoms with Gasteiger partial charge in [-0.1, -0.05) is 41.1 Å². The van der Waals surface area contributed by atoms with Gasteiger partial charge in [0.15, 0.2) is 0 Å². The third kappa shape index (κ3) is 3.35. The fraction of sp³-hybridized carbons (Fsp3) is 0.533. The predicted octanol–water partition coefficient (Wildman–Crippen LogP) is 3.76. The first-order valence-electron chi connectivity index (χ1n) is 6.55. The molecular formula is C15H20BrNO. The fourth-order valence-electron chi connectivity index (χ4n) is 2.45. The Hall–Kier alpha value is -0.830. The Morgan fingerprint density at radius 2 is 1.94 bits per heavy atom. The minimum absolute atomic E-state index is 0.0584. The second-order valence-electron chi connectivity index (χ2n) is 5.56. The zero-order chi connectivity index (χ0) is 13.0. The lowest BCUT2D eigenvalue weighted by molar-refractivity contribution is 0.0910. The van der Waals surface area contributed by atoms with Gasteiger partial charge in [-0.2, -0.15) is 0 Å². The monoisotopic (exact) mass is 309 g/mol. The van der Waals surface area contributed by atoms with Crippen molar-refractivity contribution >= 4 is 21.8 Å². The summed E-state index contributed by atoms with van der Waals surface area (Å²) in [5, 5.41) is 4.20. The van der Waals surface area contributed by atoms with Crippen molar-refractivity contribution in [3.63, 3.8) is 0 Å². The van der Waals surface area contributed by atoms with Crippen molar-refractivity contribution in [2.75, 3.05) is 5.33 Å². The molecule has 0 atom stereocenters. The minimum atomic E-state index is 0.0584. The number of rotatable bonds is 3. The van der Waals surface area contributed by atoms with Crippen LogP contribution in [-0.2, 0) is 0 Å². The molecule has 2 nitrogen and oxygen atoms in total. The van der Waals surface area contributed by atoms with Gasteiger partial charge in [0.25, 0.3) is 5.91 Å². The lowest BCUT2D eigenvalue weighted by atomic mass is 9.75. The molecule has 1 N–H and O–H groups in total.